The average molecular weight is 323 g/mol. The molecule has 0 atom stereocenters. The first-order chi connectivity index (χ1) is 10.8. The highest BCUT2D eigenvalue weighted by atomic mass is 19.4. The first kappa shape index (κ1) is 16.9. The van der Waals surface area contributed by atoms with Gasteiger partial charge in [0.15, 0.2) is 6.61 Å². The monoisotopic (exact) mass is 323 g/mol. The molecule has 0 saturated heterocycles. The van der Waals surface area contributed by atoms with Crippen molar-refractivity contribution in [1.82, 2.24) is 0 Å². The van der Waals surface area contributed by atoms with Crippen LogP contribution in [0.25, 0.3) is 0 Å². The Balaban J connectivity index is 2.06. The van der Waals surface area contributed by atoms with E-state index in [1.165, 1.54) is 18.2 Å². The summed E-state index contributed by atoms with van der Waals surface area (Å²) in [7, 11) is 0. The second kappa shape index (κ2) is 6.73. The Morgan fingerprint density at radius 3 is 2.26 bits per heavy atom. The van der Waals surface area contributed by atoms with Gasteiger partial charge in [0, 0.05) is 5.69 Å². The molecular formula is C17H16F3NO2. The Bertz CT molecular complexity index is 691. The molecule has 0 saturated carbocycles. The van der Waals surface area contributed by atoms with Gasteiger partial charge in [-0.2, -0.15) is 13.2 Å². The van der Waals surface area contributed by atoms with Gasteiger partial charge in [-0.25, -0.2) is 0 Å². The van der Waals surface area contributed by atoms with Gasteiger partial charge in [0.2, 0.25) is 0 Å². The van der Waals surface area contributed by atoms with E-state index >= 15 is 0 Å². The lowest BCUT2D eigenvalue weighted by molar-refractivity contribution is -0.139. The van der Waals surface area contributed by atoms with Crippen molar-refractivity contribution in [1.29, 1.82) is 0 Å². The number of rotatable bonds is 4. The molecule has 1 amide bonds. The van der Waals surface area contributed by atoms with Gasteiger partial charge >= 0.3 is 6.18 Å². The Morgan fingerprint density at radius 1 is 1.04 bits per heavy atom. The maximum absolute atomic E-state index is 12.8. The van der Waals surface area contributed by atoms with Crippen LogP contribution in [0, 0.1) is 13.8 Å². The summed E-state index contributed by atoms with van der Waals surface area (Å²) >= 11 is 0. The third kappa shape index (κ3) is 4.25. The largest absolute Gasteiger partial charge is 0.483 e. The second-order valence-electron chi connectivity index (χ2n) is 5.10. The number of hydrogen-bond donors (Lipinski definition) is 1. The molecule has 0 spiro atoms. The Morgan fingerprint density at radius 2 is 1.65 bits per heavy atom. The molecule has 2 aromatic rings. The minimum absolute atomic E-state index is 0.364. The summed E-state index contributed by atoms with van der Waals surface area (Å²) in [5.74, 6) is -0.879. The van der Waals surface area contributed by atoms with Gasteiger partial charge in [-0.1, -0.05) is 30.3 Å². The highest BCUT2D eigenvalue weighted by Crippen LogP contribution is 2.35. The number of carbonyl (C=O) groups excluding carboxylic acids is 1. The fourth-order valence-electron chi connectivity index (χ4n) is 2.16. The zero-order valence-corrected chi connectivity index (χ0v) is 12.7. The van der Waals surface area contributed by atoms with Crippen LogP contribution in [0.15, 0.2) is 42.5 Å². The van der Waals surface area contributed by atoms with Crippen LogP contribution in [-0.2, 0) is 11.0 Å². The molecule has 0 unspecified atom stereocenters. The van der Waals surface area contributed by atoms with Crippen LogP contribution in [0.1, 0.15) is 16.7 Å². The molecule has 0 heterocycles. The number of benzene rings is 2. The molecule has 0 aromatic heterocycles. The van der Waals surface area contributed by atoms with Gasteiger partial charge < -0.3 is 10.1 Å². The molecule has 0 bridgehead atoms. The number of carbonyl (C=O) groups is 1. The number of amides is 1. The summed E-state index contributed by atoms with van der Waals surface area (Å²) in [6, 6.07) is 10.3. The lowest BCUT2D eigenvalue weighted by Crippen LogP contribution is -2.22. The maximum Gasteiger partial charge on any atom is 0.419 e. The Kier molecular flexibility index (Phi) is 4.93. The smallest absolute Gasteiger partial charge is 0.419 e. The standard InChI is InChI=1S/C17H16F3NO2/c1-11-6-5-7-12(2)16(11)21-15(22)10-23-14-9-4-3-8-13(14)17(18,19)20/h3-9H,10H2,1-2H3,(H,21,22). The fraction of sp³-hybridized carbons (Fsp3) is 0.235. The van der Waals surface area contributed by atoms with Crippen LogP contribution in [0.3, 0.4) is 0 Å². The number of anilines is 1. The Hall–Kier alpha value is -2.50. The first-order valence-corrected chi connectivity index (χ1v) is 6.94. The number of alkyl halides is 3. The fourth-order valence-corrected chi connectivity index (χ4v) is 2.16. The molecule has 1 N–H and O–H groups in total. The number of aryl methyl sites for hydroxylation is 2. The van der Waals surface area contributed by atoms with Gasteiger partial charge in [-0.3, -0.25) is 4.79 Å². The average Bonchev–Trinajstić information content (AvgIpc) is 2.48. The number of halogens is 3. The summed E-state index contributed by atoms with van der Waals surface area (Å²) in [4.78, 5) is 11.9. The number of hydrogen-bond acceptors (Lipinski definition) is 2. The van der Waals surface area contributed by atoms with Crippen LogP contribution in [-0.4, -0.2) is 12.5 Å². The zero-order valence-electron chi connectivity index (χ0n) is 12.7. The quantitative estimate of drug-likeness (QED) is 0.909. The third-order valence-electron chi connectivity index (χ3n) is 3.30. The molecule has 0 radical (unpaired) electrons. The zero-order chi connectivity index (χ0) is 17.0. The molecule has 2 rings (SSSR count). The predicted molar refractivity (Wildman–Crippen MR) is 81.5 cm³/mol. The lowest BCUT2D eigenvalue weighted by Gasteiger charge is -2.15. The maximum atomic E-state index is 12.8. The summed E-state index contributed by atoms with van der Waals surface area (Å²) in [6.07, 6.45) is -4.53. The van der Waals surface area contributed by atoms with Gasteiger partial charge in [-0.05, 0) is 37.1 Å². The minimum atomic E-state index is -4.53. The van der Waals surface area contributed by atoms with Crippen molar-refractivity contribution in [2.24, 2.45) is 0 Å². The van der Waals surface area contributed by atoms with Crippen molar-refractivity contribution in [2.45, 2.75) is 20.0 Å². The highest BCUT2D eigenvalue weighted by molar-refractivity contribution is 5.93. The molecule has 0 aliphatic heterocycles. The van der Waals surface area contributed by atoms with Gasteiger partial charge in [0.05, 0.1) is 5.56 Å². The molecule has 3 nitrogen and oxygen atoms in total. The molecule has 23 heavy (non-hydrogen) atoms. The van der Waals surface area contributed by atoms with Crippen molar-refractivity contribution in [2.75, 3.05) is 11.9 Å². The predicted octanol–water partition coefficient (Wildman–Crippen LogP) is 4.34. The first-order valence-electron chi connectivity index (χ1n) is 6.94. The van der Waals surface area contributed by atoms with Crippen molar-refractivity contribution in [3.8, 4) is 5.75 Å². The summed E-state index contributed by atoms with van der Waals surface area (Å²) < 4.78 is 43.6. The van der Waals surface area contributed by atoms with E-state index in [0.717, 1.165) is 17.2 Å². The van der Waals surface area contributed by atoms with Crippen LogP contribution < -0.4 is 10.1 Å². The number of nitrogens with one attached hydrogen (secondary N) is 1. The summed E-state index contributed by atoms with van der Waals surface area (Å²) in [6.45, 7) is 3.17. The van der Waals surface area contributed by atoms with Crippen LogP contribution in [0.5, 0.6) is 5.75 Å². The van der Waals surface area contributed by atoms with E-state index in [-0.39, 0.29) is 5.75 Å². The van der Waals surface area contributed by atoms with E-state index in [1.807, 2.05) is 32.0 Å². The third-order valence-corrected chi connectivity index (χ3v) is 3.30. The summed E-state index contributed by atoms with van der Waals surface area (Å²) in [5.41, 5.74) is 1.48. The van der Waals surface area contributed by atoms with E-state index < -0.39 is 24.3 Å². The van der Waals surface area contributed by atoms with Gasteiger partial charge in [0.1, 0.15) is 5.75 Å². The van der Waals surface area contributed by atoms with Gasteiger partial charge in [0.25, 0.3) is 5.91 Å². The molecule has 0 aliphatic rings. The van der Waals surface area contributed by atoms with Crippen LogP contribution >= 0.6 is 0 Å². The number of para-hydroxylation sites is 2. The highest BCUT2D eigenvalue weighted by Gasteiger charge is 2.34. The SMILES string of the molecule is Cc1cccc(C)c1NC(=O)COc1ccccc1C(F)(F)F. The second-order valence-corrected chi connectivity index (χ2v) is 5.10. The molecule has 6 heteroatoms. The van der Waals surface area contributed by atoms with Crippen LogP contribution in [0.2, 0.25) is 0 Å². The minimum Gasteiger partial charge on any atom is -0.483 e. The molecule has 122 valence electrons. The Labute approximate surface area is 132 Å². The summed E-state index contributed by atoms with van der Waals surface area (Å²) in [5, 5.41) is 2.66. The van der Waals surface area contributed by atoms with E-state index in [2.05, 4.69) is 5.32 Å². The normalized spacial score (nSPS) is 11.2. The molecule has 0 fully saturated rings. The molecule has 2 aromatic carbocycles. The van der Waals surface area contributed by atoms with E-state index in [4.69, 9.17) is 4.74 Å². The van der Waals surface area contributed by atoms with E-state index in [1.54, 1.807) is 0 Å². The number of ether oxygens (including phenoxy) is 1. The van der Waals surface area contributed by atoms with Crippen LogP contribution in [0.4, 0.5) is 18.9 Å². The topological polar surface area (TPSA) is 38.3 Å². The molecular weight excluding hydrogens is 307 g/mol. The van der Waals surface area contributed by atoms with Crippen molar-refractivity contribution in [3.63, 3.8) is 0 Å². The molecule has 0 aliphatic carbocycles. The van der Waals surface area contributed by atoms with E-state index in [9.17, 15) is 18.0 Å². The van der Waals surface area contributed by atoms with Crippen molar-refractivity contribution < 1.29 is 22.7 Å². The van der Waals surface area contributed by atoms with E-state index in [0.29, 0.717) is 5.69 Å². The van der Waals surface area contributed by atoms with Crippen molar-refractivity contribution >= 4 is 11.6 Å². The van der Waals surface area contributed by atoms with Crippen molar-refractivity contribution in [3.05, 3.63) is 59.2 Å². The van der Waals surface area contributed by atoms with Gasteiger partial charge in [-0.15, -0.1) is 0 Å². The lowest BCUT2D eigenvalue weighted by atomic mass is 10.1.